The zero-order valence-electron chi connectivity index (χ0n) is 14.9. The second kappa shape index (κ2) is 6.59. The summed E-state index contributed by atoms with van der Waals surface area (Å²) < 4.78 is 1.76. The Morgan fingerprint density at radius 2 is 2.00 bits per heavy atom. The van der Waals surface area contributed by atoms with Gasteiger partial charge in [0.15, 0.2) is 5.69 Å². The molecule has 0 spiro atoms. The number of likely N-dealkylation sites (tertiary alicyclic amines) is 1. The van der Waals surface area contributed by atoms with Gasteiger partial charge in [-0.25, -0.2) is 0 Å². The average molecular weight is 339 g/mol. The van der Waals surface area contributed by atoms with Crippen LogP contribution in [0, 0.1) is 12.8 Å². The predicted molar refractivity (Wildman–Crippen MR) is 95.0 cm³/mol. The SMILES string of the molecule is Cc1cc(C(=O)N2CC(N(Cc3ccncc3)CC3CC3)C2)nn1C. The molecule has 3 heterocycles. The number of pyridine rings is 1. The maximum absolute atomic E-state index is 12.6. The maximum atomic E-state index is 12.6. The number of hydrogen-bond acceptors (Lipinski definition) is 4. The van der Waals surface area contributed by atoms with Crippen LogP contribution in [0.1, 0.15) is 34.6 Å². The van der Waals surface area contributed by atoms with Crippen molar-refractivity contribution in [1.29, 1.82) is 0 Å². The minimum absolute atomic E-state index is 0.0511. The Kier molecular flexibility index (Phi) is 4.29. The van der Waals surface area contributed by atoms with Gasteiger partial charge in [0.2, 0.25) is 0 Å². The summed E-state index contributed by atoms with van der Waals surface area (Å²) in [6, 6.07) is 6.48. The van der Waals surface area contributed by atoms with E-state index in [1.807, 2.05) is 37.3 Å². The standard InChI is InChI=1S/C19H25N5O/c1-14-9-18(21-22(14)2)19(25)24-12-17(13-24)23(10-15-3-4-15)11-16-5-7-20-8-6-16/h5-9,15,17H,3-4,10-13H2,1-2H3. The van der Waals surface area contributed by atoms with Crippen molar-refractivity contribution in [2.45, 2.75) is 32.4 Å². The predicted octanol–water partition coefficient (Wildman–Crippen LogP) is 1.86. The highest BCUT2D eigenvalue weighted by Gasteiger charge is 2.38. The zero-order chi connectivity index (χ0) is 17.4. The number of aromatic nitrogens is 3. The number of hydrogen-bond donors (Lipinski definition) is 0. The molecule has 0 aromatic carbocycles. The average Bonchev–Trinajstić information content (AvgIpc) is 3.31. The highest BCUT2D eigenvalue weighted by Crippen LogP contribution is 2.32. The Hall–Kier alpha value is -2.21. The van der Waals surface area contributed by atoms with Gasteiger partial charge in [0.1, 0.15) is 0 Å². The Morgan fingerprint density at radius 1 is 1.28 bits per heavy atom. The normalized spacial score (nSPS) is 17.8. The van der Waals surface area contributed by atoms with E-state index in [9.17, 15) is 4.79 Å². The molecule has 2 fully saturated rings. The van der Waals surface area contributed by atoms with Crippen LogP contribution in [0.3, 0.4) is 0 Å². The molecule has 1 saturated heterocycles. The fourth-order valence-corrected chi connectivity index (χ4v) is 3.38. The van der Waals surface area contributed by atoms with Crippen molar-refractivity contribution in [3.05, 3.63) is 47.5 Å². The van der Waals surface area contributed by atoms with E-state index in [1.165, 1.54) is 18.4 Å². The van der Waals surface area contributed by atoms with Crippen LogP contribution in [0.2, 0.25) is 0 Å². The lowest BCUT2D eigenvalue weighted by Crippen LogP contribution is -2.61. The molecule has 1 aliphatic carbocycles. The third-order valence-corrected chi connectivity index (χ3v) is 5.32. The van der Waals surface area contributed by atoms with Gasteiger partial charge in [-0.3, -0.25) is 19.4 Å². The van der Waals surface area contributed by atoms with E-state index in [-0.39, 0.29) is 5.91 Å². The van der Waals surface area contributed by atoms with Crippen LogP contribution >= 0.6 is 0 Å². The number of nitrogens with zero attached hydrogens (tertiary/aromatic N) is 5. The molecule has 0 unspecified atom stereocenters. The van der Waals surface area contributed by atoms with E-state index in [0.29, 0.717) is 11.7 Å². The van der Waals surface area contributed by atoms with Crippen molar-refractivity contribution in [3.8, 4) is 0 Å². The minimum Gasteiger partial charge on any atom is -0.334 e. The fourth-order valence-electron chi connectivity index (χ4n) is 3.38. The number of rotatable bonds is 6. The highest BCUT2D eigenvalue weighted by molar-refractivity contribution is 5.93. The molecule has 6 heteroatoms. The molecule has 132 valence electrons. The summed E-state index contributed by atoms with van der Waals surface area (Å²) >= 11 is 0. The van der Waals surface area contributed by atoms with Crippen molar-refractivity contribution in [2.75, 3.05) is 19.6 Å². The number of carbonyl (C=O) groups is 1. The molecule has 1 amide bonds. The molecule has 2 aromatic heterocycles. The minimum atomic E-state index is 0.0511. The van der Waals surface area contributed by atoms with Gasteiger partial charge in [-0.2, -0.15) is 5.10 Å². The summed E-state index contributed by atoms with van der Waals surface area (Å²) in [5.41, 5.74) is 2.86. The van der Waals surface area contributed by atoms with Gasteiger partial charge in [0.25, 0.3) is 5.91 Å². The smallest absolute Gasteiger partial charge is 0.274 e. The van der Waals surface area contributed by atoms with Crippen LogP contribution in [0.15, 0.2) is 30.6 Å². The third kappa shape index (κ3) is 3.58. The molecule has 1 saturated carbocycles. The van der Waals surface area contributed by atoms with Crippen molar-refractivity contribution in [2.24, 2.45) is 13.0 Å². The molecule has 1 aliphatic heterocycles. The lowest BCUT2D eigenvalue weighted by atomic mass is 10.0. The van der Waals surface area contributed by atoms with E-state index in [1.54, 1.807) is 4.68 Å². The molecule has 2 aromatic rings. The van der Waals surface area contributed by atoms with Crippen LogP contribution in [0.5, 0.6) is 0 Å². The van der Waals surface area contributed by atoms with Gasteiger partial charge in [-0.05, 0) is 49.4 Å². The van der Waals surface area contributed by atoms with Gasteiger partial charge in [0.05, 0.1) is 0 Å². The van der Waals surface area contributed by atoms with Gasteiger partial charge in [-0.15, -0.1) is 0 Å². The van der Waals surface area contributed by atoms with Gasteiger partial charge >= 0.3 is 0 Å². The molecule has 0 bridgehead atoms. The van der Waals surface area contributed by atoms with Crippen LogP contribution in [-0.2, 0) is 13.6 Å². The van der Waals surface area contributed by atoms with Gasteiger partial charge < -0.3 is 4.90 Å². The second-order valence-electron chi connectivity index (χ2n) is 7.39. The molecular weight excluding hydrogens is 314 g/mol. The molecule has 2 aliphatic rings. The van der Waals surface area contributed by atoms with Crippen molar-refractivity contribution >= 4 is 5.91 Å². The first kappa shape index (κ1) is 16.3. The molecule has 0 radical (unpaired) electrons. The van der Waals surface area contributed by atoms with E-state index in [2.05, 4.69) is 27.1 Å². The first-order valence-electron chi connectivity index (χ1n) is 9.03. The molecular formula is C19H25N5O. The van der Waals surface area contributed by atoms with Gasteiger partial charge in [0, 0.05) is 57.4 Å². The number of carbonyl (C=O) groups excluding carboxylic acids is 1. The zero-order valence-corrected chi connectivity index (χ0v) is 14.9. The second-order valence-corrected chi connectivity index (χ2v) is 7.39. The largest absolute Gasteiger partial charge is 0.334 e. The summed E-state index contributed by atoms with van der Waals surface area (Å²) in [4.78, 5) is 21.1. The maximum Gasteiger partial charge on any atom is 0.274 e. The van der Waals surface area contributed by atoms with E-state index < -0.39 is 0 Å². The summed E-state index contributed by atoms with van der Waals surface area (Å²) in [7, 11) is 1.87. The van der Waals surface area contributed by atoms with Crippen molar-refractivity contribution in [3.63, 3.8) is 0 Å². The third-order valence-electron chi connectivity index (χ3n) is 5.32. The topological polar surface area (TPSA) is 54.3 Å². The fraction of sp³-hybridized carbons (Fsp3) is 0.526. The molecule has 0 N–H and O–H groups in total. The molecule has 0 atom stereocenters. The van der Waals surface area contributed by atoms with Crippen LogP contribution in [-0.4, -0.2) is 56.1 Å². The first-order chi connectivity index (χ1) is 12.1. The van der Waals surface area contributed by atoms with Crippen LogP contribution in [0.25, 0.3) is 0 Å². The Labute approximate surface area is 148 Å². The lowest BCUT2D eigenvalue weighted by molar-refractivity contribution is 0.0215. The summed E-state index contributed by atoms with van der Waals surface area (Å²) in [6.45, 7) is 5.64. The summed E-state index contributed by atoms with van der Waals surface area (Å²) in [5, 5.41) is 4.31. The van der Waals surface area contributed by atoms with Crippen LogP contribution in [0.4, 0.5) is 0 Å². The Morgan fingerprint density at radius 3 is 2.60 bits per heavy atom. The van der Waals surface area contributed by atoms with Crippen molar-refractivity contribution in [1.82, 2.24) is 24.6 Å². The van der Waals surface area contributed by atoms with E-state index in [0.717, 1.165) is 37.8 Å². The summed E-state index contributed by atoms with van der Waals surface area (Å²) in [6.07, 6.45) is 6.39. The molecule has 25 heavy (non-hydrogen) atoms. The lowest BCUT2D eigenvalue weighted by Gasteiger charge is -2.45. The van der Waals surface area contributed by atoms with E-state index in [4.69, 9.17) is 0 Å². The monoisotopic (exact) mass is 339 g/mol. The molecule has 4 rings (SSSR count). The van der Waals surface area contributed by atoms with Crippen molar-refractivity contribution < 1.29 is 4.79 Å². The summed E-state index contributed by atoms with van der Waals surface area (Å²) in [5.74, 6) is 0.889. The van der Waals surface area contributed by atoms with Gasteiger partial charge in [-0.1, -0.05) is 0 Å². The quantitative estimate of drug-likeness (QED) is 0.806. The Bertz CT molecular complexity index is 727. The first-order valence-corrected chi connectivity index (χ1v) is 9.03. The van der Waals surface area contributed by atoms with E-state index >= 15 is 0 Å². The number of amides is 1. The highest BCUT2D eigenvalue weighted by atomic mass is 16.2. The molecule has 6 nitrogen and oxygen atoms in total. The number of aryl methyl sites for hydroxylation is 2. The Balaban J connectivity index is 1.38. The van der Waals surface area contributed by atoms with Crippen LogP contribution < -0.4 is 0 Å².